The van der Waals surface area contributed by atoms with Gasteiger partial charge in [0.05, 0.1) is 5.92 Å². The number of rotatable bonds is 6. The number of allylic oxidation sites excluding steroid dienone is 1. The largest absolute Gasteiger partial charge is 0.459 e. The van der Waals surface area contributed by atoms with Gasteiger partial charge in [-0.3, -0.25) is 33.6 Å². The lowest BCUT2D eigenvalue weighted by Gasteiger charge is -2.43. The Morgan fingerprint density at radius 2 is 1.20 bits per heavy atom. The predicted molar refractivity (Wildman–Crippen MR) is 157 cm³/mol. The lowest BCUT2D eigenvalue weighted by Crippen LogP contribution is -2.58. The van der Waals surface area contributed by atoms with E-state index in [0.717, 1.165) is 41.5 Å². The summed E-state index contributed by atoms with van der Waals surface area (Å²) in [6.45, 7) is 16.3. The first-order chi connectivity index (χ1) is 21.0. The number of carbonyl (C=O) groups is 7. The van der Waals surface area contributed by atoms with Gasteiger partial charge in [-0.05, 0) is 6.92 Å². The third-order valence-electron chi connectivity index (χ3n) is 8.01. The van der Waals surface area contributed by atoms with E-state index in [2.05, 4.69) is 6.58 Å². The molecule has 0 amide bonds. The lowest BCUT2D eigenvalue weighted by molar-refractivity contribution is -0.192. The van der Waals surface area contributed by atoms with Gasteiger partial charge in [0, 0.05) is 64.9 Å². The van der Waals surface area contributed by atoms with Crippen LogP contribution in [0.1, 0.15) is 75.7 Å². The van der Waals surface area contributed by atoms with Crippen molar-refractivity contribution in [1.82, 2.24) is 0 Å². The number of aliphatic hydroxyl groups excluding tert-OH is 1. The van der Waals surface area contributed by atoms with Crippen LogP contribution in [0.15, 0.2) is 24.3 Å². The third-order valence-corrected chi connectivity index (χ3v) is 8.01. The van der Waals surface area contributed by atoms with Crippen molar-refractivity contribution in [3.63, 3.8) is 0 Å². The van der Waals surface area contributed by atoms with Gasteiger partial charge in [-0.2, -0.15) is 0 Å². The molecule has 2 rings (SSSR count). The van der Waals surface area contributed by atoms with Gasteiger partial charge < -0.3 is 33.5 Å². The van der Waals surface area contributed by atoms with Gasteiger partial charge >= 0.3 is 35.8 Å². The molecule has 9 unspecified atom stereocenters. The Morgan fingerprint density at radius 1 is 0.739 bits per heavy atom. The molecule has 0 radical (unpaired) electrons. The van der Waals surface area contributed by atoms with Crippen LogP contribution in [0.2, 0.25) is 0 Å². The number of ether oxygens (including phenoxy) is 6. The molecule has 9 atom stereocenters. The van der Waals surface area contributed by atoms with Crippen LogP contribution in [-0.2, 0) is 62.0 Å². The first kappa shape index (κ1) is 38.1. The second-order valence-corrected chi connectivity index (χ2v) is 12.6. The number of hydrogen-bond acceptors (Lipinski definition) is 14. The molecule has 0 bridgehead atoms. The van der Waals surface area contributed by atoms with Gasteiger partial charge in [0.1, 0.15) is 18.3 Å². The normalized spacial score (nSPS) is 34.1. The summed E-state index contributed by atoms with van der Waals surface area (Å²) in [5, 5.41) is 11.8. The van der Waals surface area contributed by atoms with Crippen molar-refractivity contribution in [3.05, 3.63) is 24.3 Å². The van der Waals surface area contributed by atoms with Crippen molar-refractivity contribution in [2.24, 2.45) is 17.3 Å². The summed E-state index contributed by atoms with van der Waals surface area (Å²) in [4.78, 5) is 89.6. The van der Waals surface area contributed by atoms with Gasteiger partial charge in [-0.15, -0.1) is 0 Å². The smallest absolute Gasteiger partial charge is 0.303 e. The Hall–Kier alpha value is -4.07. The number of aliphatic hydroxyl groups is 1. The van der Waals surface area contributed by atoms with Crippen LogP contribution < -0.4 is 0 Å². The zero-order chi connectivity index (χ0) is 35.5. The maximum absolute atomic E-state index is 14.6. The maximum atomic E-state index is 14.6. The summed E-state index contributed by atoms with van der Waals surface area (Å²) in [5.74, 6) is -8.85. The van der Waals surface area contributed by atoms with E-state index in [4.69, 9.17) is 28.4 Å². The third kappa shape index (κ3) is 8.20. The fourth-order valence-corrected chi connectivity index (χ4v) is 6.45. The summed E-state index contributed by atoms with van der Waals surface area (Å²) in [7, 11) is 0. The number of carbonyl (C=O) groups excluding carboxylic acids is 7. The van der Waals surface area contributed by atoms with Gasteiger partial charge in [0.15, 0.2) is 29.2 Å². The molecular formula is C32H44O14. The molecule has 14 heteroatoms. The zero-order valence-electron chi connectivity index (χ0n) is 27.9. The van der Waals surface area contributed by atoms with Crippen molar-refractivity contribution >= 4 is 41.6 Å². The standard InChI is InChI=1S/C32H44O14/c1-15-12-13-30(9,10)29(44-20(6)36)24(39)26(42-18(4)34)16(2)25(41-17(3)33)23-28(43-19(5)35)31(11,45-21(7)37)14-32(23,27(15)40)46-22(8)38/h12-13,15,23-26,28-29,39H,2,14H2,1,3-11H3. The SMILES string of the molecule is C=C1C(OC(C)=O)C(O)C(OC(C)=O)C(C)(C)C=CC(C)C(=O)C2(OC(C)=O)CC(C)(OC(C)=O)C(OC(C)=O)C2C1OC(C)=O. The molecule has 0 saturated heterocycles. The minimum absolute atomic E-state index is 0.346. The number of Topliss-reactive ketones (excluding diaryl/α,β-unsaturated/α-hetero) is 1. The summed E-state index contributed by atoms with van der Waals surface area (Å²) >= 11 is 0. The molecule has 1 saturated carbocycles. The molecule has 0 aromatic carbocycles. The monoisotopic (exact) mass is 652 g/mol. The fraction of sp³-hybridized carbons (Fsp3) is 0.656. The molecule has 256 valence electrons. The second kappa shape index (κ2) is 14.1. The van der Waals surface area contributed by atoms with Gasteiger partial charge in [-0.25, -0.2) is 0 Å². The Labute approximate surface area is 267 Å². The molecule has 2 aliphatic carbocycles. The van der Waals surface area contributed by atoms with Crippen LogP contribution in [-0.4, -0.2) is 88.4 Å². The highest BCUT2D eigenvalue weighted by Crippen LogP contribution is 2.54. The molecule has 2 aliphatic rings. The van der Waals surface area contributed by atoms with Crippen molar-refractivity contribution in [2.75, 3.05) is 0 Å². The van der Waals surface area contributed by atoms with Crippen molar-refractivity contribution in [2.45, 2.75) is 117 Å². The highest BCUT2D eigenvalue weighted by molar-refractivity contribution is 5.94. The van der Waals surface area contributed by atoms with Crippen LogP contribution in [0.4, 0.5) is 0 Å². The van der Waals surface area contributed by atoms with Gasteiger partial charge in [0.2, 0.25) is 0 Å². The molecule has 0 aliphatic heterocycles. The average Bonchev–Trinajstić information content (AvgIpc) is 3.11. The number of hydrogen-bond donors (Lipinski definition) is 1. The van der Waals surface area contributed by atoms with Crippen LogP contribution in [0.5, 0.6) is 0 Å². The van der Waals surface area contributed by atoms with E-state index in [-0.39, 0.29) is 5.57 Å². The van der Waals surface area contributed by atoms with Crippen LogP contribution in [0.25, 0.3) is 0 Å². The predicted octanol–water partition coefficient (Wildman–Crippen LogP) is 2.08. The summed E-state index contributed by atoms with van der Waals surface area (Å²) in [6, 6.07) is 0. The molecule has 46 heavy (non-hydrogen) atoms. The Morgan fingerprint density at radius 3 is 1.65 bits per heavy atom. The number of esters is 6. The molecule has 1 fully saturated rings. The van der Waals surface area contributed by atoms with E-state index in [1.165, 1.54) is 26.0 Å². The molecule has 0 heterocycles. The molecule has 0 aromatic rings. The molecule has 0 spiro atoms. The Balaban J connectivity index is 3.17. The van der Waals surface area contributed by atoms with E-state index in [0.29, 0.717) is 0 Å². The zero-order valence-corrected chi connectivity index (χ0v) is 27.9. The summed E-state index contributed by atoms with van der Waals surface area (Å²) in [5.41, 5.74) is -5.75. The molecular weight excluding hydrogens is 608 g/mol. The number of ketones is 1. The van der Waals surface area contributed by atoms with E-state index >= 15 is 0 Å². The first-order valence-electron chi connectivity index (χ1n) is 14.7. The minimum atomic E-state index is -2.31. The van der Waals surface area contributed by atoms with Crippen LogP contribution in [0.3, 0.4) is 0 Å². The average molecular weight is 653 g/mol. The highest BCUT2D eigenvalue weighted by atomic mass is 16.6. The van der Waals surface area contributed by atoms with Crippen LogP contribution >= 0.6 is 0 Å². The van der Waals surface area contributed by atoms with Crippen molar-refractivity contribution < 1.29 is 67.1 Å². The van der Waals surface area contributed by atoms with E-state index < -0.39 is 107 Å². The van der Waals surface area contributed by atoms with Gasteiger partial charge in [-0.1, -0.05) is 39.5 Å². The maximum Gasteiger partial charge on any atom is 0.303 e. The van der Waals surface area contributed by atoms with Crippen LogP contribution in [0, 0.1) is 17.3 Å². The first-order valence-corrected chi connectivity index (χ1v) is 14.7. The van der Waals surface area contributed by atoms with E-state index in [1.807, 2.05) is 0 Å². The quantitative estimate of drug-likeness (QED) is 0.249. The summed E-state index contributed by atoms with van der Waals surface area (Å²) in [6.07, 6.45) is -6.09. The fourth-order valence-electron chi connectivity index (χ4n) is 6.45. The summed E-state index contributed by atoms with van der Waals surface area (Å²) < 4.78 is 33.9. The van der Waals surface area contributed by atoms with Gasteiger partial charge in [0.25, 0.3) is 0 Å². The lowest BCUT2D eigenvalue weighted by atomic mass is 9.72. The molecule has 0 aromatic heterocycles. The molecule has 1 N–H and O–H groups in total. The van der Waals surface area contributed by atoms with Crippen molar-refractivity contribution in [3.8, 4) is 0 Å². The second-order valence-electron chi connectivity index (χ2n) is 12.6. The van der Waals surface area contributed by atoms with E-state index in [9.17, 15) is 38.7 Å². The van der Waals surface area contributed by atoms with Crippen molar-refractivity contribution in [1.29, 1.82) is 0 Å². The minimum Gasteiger partial charge on any atom is -0.459 e. The Bertz CT molecular complexity index is 1310. The Kier molecular flexibility index (Phi) is 11.7. The number of fused-ring (bicyclic) bond motifs is 1. The highest BCUT2D eigenvalue weighted by Gasteiger charge is 2.72. The van der Waals surface area contributed by atoms with E-state index in [1.54, 1.807) is 13.8 Å². The molecule has 14 nitrogen and oxygen atoms in total. The topological polar surface area (TPSA) is 195 Å².